The molecule has 0 radical (unpaired) electrons. The molecule has 1 aromatic rings. The molecule has 1 fully saturated rings. The van der Waals surface area contributed by atoms with E-state index in [0.29, 0.717) is 11.5 Å². The van der Waals surface area contributed by atoms with Crippen molar-refractivity contribution >= 4 is 11.9 Å². The number of ether oxygens (including phenoxy) is 3. The largest absolute Gasteiger partial charge is 0.493 e. The molecule has 1 saturated carbocycles. The highest BCUT2D eigenvalue weighted by molar-refractivity contribution is 5.79. The van der Waals surface area contributed by atoms with Gasteiger partial charge in [0.1, 0.15) is 0 Å². The zero-order valence-electron chi connectivity index (χ0n) is 14.1. The predicted molar refractivity (Wildman–Crippen MR) is 87.3 cm³/mol. The van der Waals surface area contributed by atoms with Crippen molar-refractivity contribution in [2.75, 3.05) is 14.2 Å². The number of hydrogen-bond donors (Lipinski definition) is 1. The number of hydrogen-bond acceptors (Lipinski definition) is 5. The molecule has 1 unspecified atom stereocenters. The number of benzene rings is 1. The van der Waals surface area contributed by atoms with Crippen LogP contribution < -0.4 is 9.47 Å². The highest BCUT2D eigenvalue weighted by Gasteiger charge is 2.24. The highest BCUT2D eigenvalue weighted by Crippen LogP contribution is 2.33. The molecule has 24 heavy (non-hydrogen) atoms. The molecule has 1 aromatic carbocycles. The van der Waals surface area contributed by atoms with Gasteiger partial charge in [0.25, 0.3) is 0 Å². The Labute approximate surface area is 141 Å². The number of carbonyl (C=O) groups is 2. The molecule has 0 amide bonds. The lowest BCUT2D eigenvalue weighted by atomic mass is 9.96. The zero-order valence-corrected chi connectivity index (χ0v) is 14.1. The molecule has 6 nitrogen and oxygen atoms in total. The Kier molecular flexibility index (Phi) is 6.46. The van der Waals surface area contributed by atoms with E-state index in [4.69, 9.17) is 19.3 Å². The van der Waals surface area contributed by atoms with Crippen LogP contribution >= 0.6 is 0 Å². The topological polar surface area (TPSA) is 82.1 Å². The van der Waals surface area contributed by atoms with Gasteiger partial charge in [-0.25, -0.2) is 0 Å². The summed E-state index contributed by atoms with van der Waals surface area (Å²) in [7, 11) is 2.85. The maximum Gasteiger partial charge on any atom is 0.309 e. The minimum atomic E-state index is -1.03. The number of carboxylic acids is 1. The van der Waals surface area contributed by atoms with Gasteiger partial charge in [-0.15, -0.1) is 0 Å². The Balaban J connectivity index is 2.16. The third-order valence-electron chi connectivity index (χ3n) is 4.26. The SMILES string of the molecule is COC(=O)C(CC(=O)O)Cc1ccc(OC)c(OC2CCCC2)c1. The number of carboxylic acid groups (broad SMARTS) is 1. The Morgan fingerprint density at radius 3 is 2.50 bits per heavy atom. The van der Waals surface area contributed by atoms with Crippen LogP contribution in [-0.4, -0.2) is 37.4 Å². The lowest BCUT2D eigenvalue weighted by molar-refractivity contribution is -0.150. The maximum absolute atomic E-state index is 11.8. The maximum atomic E-state index is 11.8. The minimum Gasteiger partial charge on any atom is -0.493 e. The van der Waals surface area contributed by atoms with Crippen LogP contribution in [0.4, 0.5) is 0 Å². The second-order valence-corrected chi connectivity index (χ2v) is 6.03. The van der Waals surface area contributed by atoms with Crippen LogP contribution in [0.5, 0.6) is 11.5 Å². The van der Waals surface area contributed by atoms with Gasteiger partial charge in [-0.05, 0) is 49.8 Å². The van der Waals surface area contributed by atoms with Gasteiger partial charge in [0.15, 0.2) is 11.5 Å². The van der Waals surface area contributed by atoms with Crippen LogP contribution in [0.25, 0.3) is 0 Å². The van der Waals surface area contributed by atoms with E-state index in [1.165, 1.54) is 7.11 Å². The van der Waals surface area contributed by atoms with Crippen molar-refractivity contribution in [3.8, 4) is 11.5 Å². The number of aliphatic carboxylic acids is 1. The summed E-state index contributed by atoms with van der Waals surface area (Å²) >= 11 is 0. The molecule has 6 heteroatoms. The van der Waals surface area contributed by atoms with Crippen LogP contribution in [0.15, 0.2) is 18.2 Å². The van der Waals surface area contributed by atoms with E-state index in [9.17, 15) is 9.59 Å². The van der Waals surface area contributed by atoms with Gasteiger partial charge < -0.3 is 19.3 Å². The zero-order chi connectivity index (χ0) is 17.5. The summed E-state index contributed by atoms with van der Waals surface area (Å²) in [6, 6.07) is 5.43. The lowest BCUT2D eigenvalue weighted by Gasteiger charge is -2.18. The fraction of sp³-hybridized carbons (Fsp3) is 0.556. The highest BCUT2D eigenvalue weighted by atomic mass is 16.5. The molecular weight excluding hydrogens is 312 g/mol. The minimum absolute atomic E-state index is 0.185. The molecule has 0 heterocycles. The van der Waals surface area contributed by atoms with Crippen molar-refractivity contribution in [1.82, 2.24) is 0 Å². The summed E-state index contributed by atoms with van der Waals surface area (Å²) in [6.07, 6.45) is 4.57. The summed E-state index contributed by atoms with van der Waals surface area (Å²) in [5, 5.41) is 8.98. The van der Waals surface area contributed by atoms with Gasteiger partial charge >= 0.3 is 11.9 Å². The average molecular weight is 336 g/mol. The molecule has 0 bridgehead atoms. The Morgan fingerprint density at radius 2 is 1.92 bits per heavy atom. The van der Waals surface area contributed by atoms with Crippen LogP contribution in [-0.2, 0) is 20.7 Å². The molecule has 132 valence electrons. The molecule has 1 N–H and O–H groups in total. The van der Waals surface area contributed by atoms with Crippen molar-refractivity contribution in [3.05, 3.63) is 23.8 Å². The molecule has 0 aromatic heterocycles. The molecule has 1 aliphatic carbocycles. The van der Waals surface area contributed by atoms with Gasteiger partial charge in [0.05, 0.1) is 32.7 Å². The van der Waals surface area contributed by atoms with E-state index < -0.39 is 17.9 Å². The molecule has 1 atom stereocenters. The van der Waals surface area contributed by atoms with Gasteiger partial charge in [-0.1, -0.05) is 6.07 Å². The van der Waals surface area contributed by atoms with E-state index in [-0.39, 0.29) is 18.9 Å². The number of carbonyl (C=O) groups excluding carboxylic acids is 1. The summed E-state index contributed by atoms with van der Waals surface area (Å²) < 4.78 is 16.1. The standard InChI is InChI=1S/C18H24O6/c1-22-15-8-7-12(9-13(11-17(19)20)18(21)23-2)10-16(15)24-14-5-3-4-6-14/h7-8,10,13-14H,3-6,9,11H2,1-2H3,(H,19,20). The van der Waals surface area contributed by atoms with Crippen molar-refractivity contribution in [3.63, 3.8) is 0 Å². The van der Waals surface area contributed by atoms with Crippen LogP contribution in [0.3, 0.4) is 0 Å². The van der Waals surface area contributed by atoms with Crippen molar-refractivity contribution in [1.29, 1.82) is 0 Å². The number of methoxy groups -OCH3 is 2. The summed E-state index contributed by atoms with van der Waals surface area (Å²) in [4.78, 5) is 22.8. The molecule has 0 spiro atoms. The predicted octanol–water partition coefficient (Wildman–Crippen LogP) is 2.82. The Hall–Kier alpha value is -2.24. The Bertz CT molecular complexity index is 577. The molecule has 0 saturated heterocycles. The average Bonchev–Trinajstić information content (AvgIpc) is 3.06. The fourth-order valence-electron chi connectivity index (χ4n) is 3.03. The van der Waals surface area contributed by atoms with Gasteiger partial charge in [0.2, 0.25) is 0 Å². The van der Waals surface area contributed by atoms with Crippen molar-refractivity contribution < 1.29 is 28.9 Å². The quantitative estimate of drug-likeness (QED) is 0.735. The first-order valence-corrected chi connectivity index (χ1v) is 8.16. The van der Waals surface area contributed by atoms with E-state index in [1.807, 2.05) is 12.1 Å². The lowest BCUT2D eigenvalue weighted by Crippen LogP contribution is -2.22. The van der Waals surface area contributed by atoms with E-state index in [2.05, 4.69) is 0 Å². The second kappa shape index (κ2) is 8.57. The number of esters is 1. The van der Waals surface area contributed by atoms with Crippen LogP contribution in [0.2, 0.25) is 0 Å². The summed E-state index contributed by atoms with van der Waals surface area (Å²) in [5.41, 5.74) is 0.820. The molecule has 1 aliphatic rings. The molecular formula is C18H24O6. The molecule has 0 aliphatic heterocycles. The second-order valence-electron chi connectivity index (χ2n) is 6.03. The van der Waals surface area contributed by atoms with Crippen molar-refractivity contribution in [2.45, 2.75) is 44.6 Å². The van der Waals surface area contributed by atoms with Crippen LogP contribution in [0, 0.1) is 5.92 Å². The van der Waals surface area contributed by atoms with Crippen LogP contribution in [0.1, 0.15) is 37.7 Å². The smallest absolute Gasteiger partial charge is 0.309 e. The first-order chi connectivity index (χ1) is 11.5. The first-order valence-electron chi connectivity index (χ1n) is 8.16. The Morgan fingerprint density at radius 1 is 1.21 bits per heavy atom. The third-order valence-corrected chi connectivity index (χ3v) is 4.26. The first kappa shape index (κ1) is 18.1. The number of rotatable bonds is 8. The normalized spacial score (nSPS) is 15.8. The molecule has 2 rings (SSSR count). The van der Waals surface area contributed by atoms with Gasteiger partial charge in [-0.3, -0.25) is 9.59 Å². The van der Waals surface area contributed by atoms with E-state index in [0.717, 1.165) is 31.2 Å². The van der Waals surface area contributed by atoms with E-state index in [1.54, 1.807) is 13.2 Å². The van der Waals surface area contributed by atoms with Gasteiger partial charge in [-0.2, -0.15) is 0 Å². The summed E-state index contributed by atoms with van der Waals surface area (Å²) in [6.45, 7) is 0. The van der Waals surface area contributed by atoms with E-state index >= 15 is 0 Å². The summed E-state index contributed by atoms with van der Waals surface area (Å²) in [5.74, 6) is -0.993. The fourth-order valence-corrected chi connectivity index (χ4v) is 3.03. The van der Waals surface area contributed by atoms with Gasteiger partial charge in [0, 0.05) is 0 Å². The van der Waals surface area contributed by atoms with Crippen molar-refractivity contribution in [2.24, 2.45) is 5.92 Å². The third kappa shape index (κ3) is 4.88. The monoisotopic (exact) mass is 336 g/mol.